The topological polar surface area (TPSA) is 86.7 Å². The van der Waals surface area contributed by atoms with Gasteiger partial charge in [-0.3, -0.25) is 0 Å². The molecule has 4 heteroatoms. The SMILES string of the molecule is CCCCCC(O)O.NO. The molecule has 0 atom stereocenters. The number of aliphatic hydroxyl groups excluding tert-OH is 1. The van der Waals surface area contributed by atoms with E-state index in [1.54, 1.807) is 0 Å². The van der Waals surface area contributed by atoms with E-state index in [9.17, 15) is 0 Å². The van der Waals surface area contributed by atoms with Crippen LogP contribution in [0.15, 0.2) is 0 Å². The Morgan fingerprint density at radius 2 is 1.70 bits per heavy atom. The zero-order chi connectivity index (χ0) is 8.41. The molecule has 0 heterocycles. The lowest BCUT2D eigenvalue weighted by Crippen LogP contribution is -2.02. The standard InChI is InChI=1S/C6H14O2.H3NO/c1-2-3-4-5-6(7)8;1-2/h6-8H,2-5H2,1H3;2H,1H2. The van der Waals surface area contributed by atoms with E-state index in [1.165, 1.54) is 0 Å². The van der Waals surface area contributed by atoms with Gasteiger partial charge >= 0.3 is 0 Å². The molecular weight excluding hydrogens is 134 g/mol. The predicted molar refractivity (Wildman–Crippen MR) is 38.3 cm³/mol. The van der Waals surface area contributed by atoms with Gasteiger partial charge < -0.3 is 15.4 Å². The second-order valence-corrected chi connectivity index (χ2v) is 1.98. The monoisotopic (exact) mass is 151 g/mol. The lowest BCUT2D eigenvalue weighted by molar-refractivity contribution is -0.0465. The summed E-state index contributed by atoms with van der Waals surface area (Å²) in [6.45, 7) is 2.09. The Labute approximate surface area is 61.2 Å². The molecule has 64 valence electrons. The summed E-state index contributed by atoms with van der Waals surface area (Å²) in [5.74, 6) is 3.50. The third-order valence-corrected chi connectivity index (χ3v) is 1.07. The van der Waals surface area contributed by atoms with Crippen LogP contribution in [0, 0.1) is 0 Å². The van der Waals surface area contributed by atoms with E-state index in [0.717, 1.165) is 19.3 Å². The van der Waals surface area contributed by atoms with Crippen LogP contribution in [0.4, 0.5) is 0 Å². The molecule has 0 aromatic rings. The smallest absolute Gasteiger partial charge is 0.151 e. The average Bonchev–Trinajstić information content (AvgIpc) is 1.92. The molecule has 0 unspecified atom stereocenters. The highest BCUT2D eigenvalue weighted by Gasteiger charge is 1.93. The molecule has 0 bridgehead atoms. The Morgan fingerprint density at radius 1 is 1.20 bits per heavy atom. The van der Waals surface area contributed by atoms with Crippen molar-refractivity contribution < 1.29 is 15.4 Å². The molecule has 0 aliphatic carbocycles. The average molecular weight is 151 g/mol. The largest absolute Gasteiger partial charge is 0.368 e. The van der Waals surface area contributed by atoms with Gasteiger partial charge in [0.1, 0.15) is 0 Å². The number of hydrogen-bond donors (Lipinski definition) is 4. The van der Waals surface area contributed by atoms with Crippen molar-refractivity contribution in [3.63, 3.8) is 0 Å². The zero-order valence-electron chi connectivity index (χ0n) is 6.32. The first-order chi connectivity index (χ1) is 4.77. The Morgan fingerprint density at radius 3 is 2.00 bits per heavy atom. The van der Waals surface area contributed by atoms with Gasteiger partial charge in [0.2, 0.25) is 0 Å². The summed E-state index contributed by atoms with van der Waals surface area (Å²) in [5.41, 5.74) is 0. The molecular formula is C6H17NO3. The zero-order valence-corrected chi connectivity index (χ0v) is 6.32. The van der Waals surface area contributed by atoms with Gasteiger partial charge in [-0.1, -0.05) is 19.8 Å². The molecule has 0 amide bonds. The maximum Gasteiger partial charge on any atom is 0.151 e. The molecule has 0 rings (SSSR count). The van der Waals surface area contributed by atoms with E-state index >= 15 is 0 Å². The minimum absolute atomic E-state index is 0.522. The minimum atomic E-state index is -1.10. The fraction of sp³-hybridized carbons (Fsp3) is 1.00. The molecule has 0 fully saturated rings. The Kier molecular flexibility index (Phi) is 14.5. The third-order valence-electron chi connectivity index (χ3n) is 1.07. The van der Waals surface area contributed by atoms with Crippen molar-refractivity contribution in [2.24, 2.45) is 5.90 Å². The Bertz CT molecular complexity index is 50.3. The number of aliphatic hydroxyl groups is 2. The van der Waals surface area contributed by atoms with E-state index < -0.39 is 6.29 Å². The lowest BCUT2D eigenvalue weighted by atomic mass is 10.2. The van der Waals surface area contributed by atoms with Gasteiger partial charge in [-0.05, 0) is 12.8 Å². The van der Waals surface area contributed by atoms with Crippen LogP contribution in [0.1, 0.15) is 32.6 Å². The van der Waals surface area contributed by atoms with Crippen LogP contribution >= 0.6 is 0 Å². The van der Waals surface area contributed by atoms with Gasteiger partial charge in [0.15, 0.2) is 6.29 Å². The third kappa shape index (κ3) is 15.7. The molecule has 0 saturated heterocycles. The molecule has 0 saturated carbocycles. The van der Waals surface area contributed by atoms with Crippen molar-refractivity contribution >= 4 is 0 Å². The number of hydrogen-bond acceptors (Lipinski definition) is 4. The summed E-state index contributed by atoms with van der Waals surface area (Å²) in [6, 6.07) is 0. The van der Waals surface area contributed by atoms with Crippen LogP contribution in [0.25, 0.3) is 0 Å². The van der Waals surface area contributed by atoms with Crippen molar-refractivity contribution in [2.75, 3.05) is 0 Å². The number of unbranched alkanes of at least 4 members (excludes halogenated alkanes) is 2. The maximum atomic E-state index is 8.33. The fourth-order valence-electron chi connectivity index (χ4n) is 0.577. The van der Waals surface area contributed by atoms with Crippen molar-refractivity contribution in [3.05, 3.63) is 0 Å². The second kappa shape index (κ2) is 11.6. The number of nitrogens with two attached hydrogens (primary N) is 1. The first-order valence-electron chi connectivity index (χ1n) is 3.39. The highest BCUT2D eigenvalue weighted by molar-refractivity contribution is 4.40. The van der Waals surface area contributed by atoms with Crippen molar-refractivity contribution in [3.8, 4) is 0 Å². The molecule has 0 aliphatic rings. The summed E-state index contributed by atoms with van der Waals surface area (Å²) < 4.78 is 0. The number of rotatable bonds is 4. The Hall–Kier alpha value is -0.160. The highest BCUT2D eigenvalue weighted by atomic mass is 16.5. The van der Waals surface area contributed by atoms with Crippen LogP contribution in [0.3, 0.4) is 0 Å². The van der Waals surface area contributed by atoms with E-state index in [1.807, 2.05) is 0 Å². The van der Waals surface area contributed by atoms with E-state index in [0.29, 0.717) is 6.42 Å². The van der Waals surface area contributed by atoms with Gasteiger partial charge in [-0.25, -0.2) is 5.90 Å². The van der Waals surface area contributed by atoms with Crippen molar-refractivity contribution in [1.29, 1.82) is 0 Å². The summed E-state index contributed by atoms with van der Waals surface area (Å²) in [6.07, 6.45) is 2.58. The van der Waals surface area contributed by atoms with E-state index in [-0.39, 0.29) is 0 Å². The van der Waals surface area contributed by atoms with Gasteiger partial charge in [0, 0.05) is 0 Å². The minimum Gasteiger partial charge on any atom is -0.368 e. The molecule has 4 nitrogen and oxygen atoms in total. The molecule has 5 N–H and O–H groups in total. The van der Waals surface area contributed by atoms with Crippen molar-refractivity contribution in [1.82, 2.24) is 0 Å². The van der Waals surface area contributed by atoms with E-state index in [4.69, 9.17) is 15.4 Å². The summed E-state index contributed by atoms with van der Waals surface area (Å²) in [5, 5.41) is 23.2. The first-order valence-corrected chi connectivity index (χ1v) is 3.39. The quantitative estimate of drug-likeness (QED) is 0.263. The van der Waals surface area contributed by atoms with Crippen LogP contribution in [0.5, 0.6) is 0 Å². The fourth-order valence-corrected chi connectivity index (χ4v) is 0.577. The van der Waals surface area contributed by atoms with Crippen LogP contribution < -0.4 is 5.90 Å². The molecule has 0 aromatic carbocycles. The van der Waals surface area contributed by atoms with Crippen LogP contribution in [-0.4, -0.2) is 21.7 Å². The molecule has 0 aliphatic heterocycles. The molecule has 0 spiro atoms. The van der Waals surface area contributed by atoms with Gasteiger partial charge in [-0.2, -0.15) is 0 Å². The first kappa shape index (κ1) is 12.5. The van der Waals surface area contributed by atoms with E-state index in [2.05, 4.69) is 12.8 Å². The van der Waals surface area contributed by atoms with Crippen LogP contribution in [0.2, 0.25) is 0 Å². The highest BCUT2D eigenvalue weighted by Crippen LogP contribution is 1.99. The van der Waals surface area contributed by atoms with Crippen LogP contribution in [-0.2, 0) is 0 Å². The van der Waals surface area contributed by atoms with Gasteiger partial charge in [0.05, 0.1) is 0 Å². The summed E-state index contributed by atoms with van der Waals surface area (Å²) >= 11 is 0. The predicted octanol–water partition coefficient (Wildman–Crippen LogP) is 0.212. The molecule has 0 radical (unpaired) electrons. The van der Waals surface area contributed by atoms with Gasteiger partial charge in [0.25, 0.3) is 0 Å². The summed E-state index contributed by atoms with van der Waals surface area (Å²) in [4.78, 5) is 0. The van der Waals surface area contributed by atoms with Crippen molar-refractivity contribution in [2.45, 2.75) is 38.9 Å². The lowest BCUT2D eigenvalue weighted by Gasteiger charge is -1.99. The normalized spacial score (nSPS) is 9.00. The maximum absolute atomic E-state index is 8.33. The second-order valence-electron chi connectivity index (χ2n) is 1.98. The Balaban J connectivity index is 0. The molecule has 0 aromatic heterocycles. The van der Waals surface area contributed by atoms with Gasteiger partial charge in [-0.15, -0.1) is 0 Å². The molecule has 10 heavy (non-hydrogen) atoms. The summed E-state index contributed by atoms with van der Waals surface area (Å²) in [7, 11) is 0.